The number of amides is 2. The van der Waals surface area contributed by atoms with Gasteiger partial charge in [-0.15, -0.1) is 0 Å². The summed E-state index contributed by atoms with van der Waals surface area (Å²) in [6.45, 7) is 5.08. The van der Waals surface area contributed by atoms with Gasteiger partial charge in [0.25, 0.3) is 5.91 Å². The number of carbonyl (C=O) groups excluding carboxylic acids is 2. The topological polar surface area (TPSA) is 69.3 Å². The molecule has 1 saturated heterocycles. The quantitative estimate of drug-likeness (QED) is 0.781. The number of likely N-dealkylation sites (N-methyl/N-ethyl adjacent to an activating group) is 1. The summed E-state index contributed by atoms with van der Waals surface area (Å²) < 4.78 is 0. The Hall–Kier alpha value is -1.85. The predicted octanol–water partition coefficient (Wildman–Crippen LogP) is 0.331. The fraction of sp³-hybridized carbons (Fsp3) is 0.583. The summed E-state index contributed by atoms with van der Waals surface area (Å²) in [5, 5.41) is 6.82. The van der Waals surface area contributed by atoms with Gasteiger partial charge in [-0.3, -0.25) is 14.7 Å². The van der Waals surface area contributed by atoms with Gasteiger partial charge in [-0.2, -0.15) is 5.10 Å². The second-order valence-corrected chi connectivity index (χ2v) is 4.70. The lowest BCUT2D eigenvalue weighted by Gasteiger charge is -2.19. The van der Waals surface area contributed by atoms with Gasteiger partial charge in [0, 0.05) is 25.8 Å². The molecule has 1 aromatic rings. The molecule has 0 radical (unpaired) electrons. The lowest BCUT2D eigenvalue weighted by Crippen LogP contribution is -2.38. The predicted molar refractivity (Wildman–Crippen MR) is 66.2 cm³/mol. The number of hydrogen-bond donors (Lipinski definition) is 1. The van der Waals surface area contributed by atoms with Crippen molar-refractivity contribution < 1.29 is 9.59 Å². The van der Waals surface area contributed by atoms with Gasteiger partial charge < -0.3 is 9.80 Å². The molecule has 1 aromatic heterocycles. The summed E-state index contributed by atoms with van der Waals surface area (Å²) in [5.74, 6) is -0.123. The van der Waals surface area contributed by atoms with Gasteiger partial charge in [0.2, 0.25) is 5.91 Å². The van der Waals surface area contributed by atoms with Crippen LogP contribution in [0.5, 0.6) is 0 Å². The maximum Gasteiger partial charge on any atom is 0.258 e. The van der Waals surface area contributed by atoms with Gasteiger partial charge in [0.15, 0.2) is 0 Å². The van der Waals surface area contributed by atoms with Gasteiger partial charge in [-0.05, 0) is 20.3 Å². The molecule has 98 valence electrons. The highest BCUT2D eigenvalue weighted by Crippen LogP contribution is 2.14. The van der Waals surface area contributed by atoms with Crippen molar-refractivity contribution in [3.63, 3.8) is 0 Å². The molecule has 2 rings (SSSR count). The lowest BCUT2D eigenvalue weighted by atomic mass is 10.1. The number of carbonyl (C=O) groups is 2. The highest BCUT2D eigenvalue weighted by atomic mass is 16.2. The van der Waals surface area contributed by atoms with Crippen molar-refractivity contribution in [3.8, 4) is 0 Å². The first kappa shape index (κ1) is 12.6. The molecule has 0 atom stereocenters. The highest BCUT2D eigenvalue weighted by molar-refractivity contribution is 5.98. The van der Waals surface area contributed by atoms with E-state index in [0.717, 1.165) is 12.1 Å². The molecule has 18 heavy (non-hydrogen) atoms. The minimum absolute atomic E-state index is 0.0142. The van der Waals surface area contributed by atoms with Crippen molar-refractivity contribution in [2.24, 2.45) is 0 Å². The minimum Gasteiger partial charge on any atom is -0.344 e. The van der Waals surface area contributed by atoms with Crippen LogP contribution in [-0.4, -0.2) is 58.5 Å². The van der Waals surface area contributed by atoms with E-state index in [9.17, 15) is 9.59 Å². The molecule has 1 aliphatic rings. The van der Waals surface area contributed by atoms with E-state index >= 15 is 0 Å². The summed E-state index contributed by atoms with van der Waals surface area (Å²) in [6.07, 6.45) is 0.809. The van der Waals surface area contributed by atoms with Crippen LogP contribution in [0.25, 0.3) is 0 Å². The van der Waals surface area contributed by atoms with Gasteiger partial charge in [0.05, 0.1) is 11.3 Å². The zero-order chi connectivity index (χ0) is 13.3. The molecular formula is C12H18N4O2. The van der Waals surface area contributed by atoms with E-state index < -0.39 is 0 Å². The monoisotopic (exact) mass is 250 g/mol. The minimum atomic E-state index is -0.109. The lowest BCUT2D eigenvalue weighted by molar-refractivity contribution is -0.129. The Bertz CT molecular complexity index is 461. The number of nitrogens with one attached hydrogen (secondary N) is 1. The van der Waals surface area contributed by atoms with E-state index in [0.29, 0.717) is 24.3 Å². The van der Waals surface area contributed by atoms with Gasteiger partial charge in [-0.25, -0.2) is 0 Å². The average Bonchev–Trinajstić information content (AvgIpc) is 2.56. The van der Waals surface area contributed by atoms with Crippen molar-refractivity contribution in [3.05, 3.63) is 17.0 Å². The molecule has 1 N–H and O–H groups in total. The van der Waals surface area contributed by atoms with E-state index in [-0.39, 0.29) is 18.4 Å². The molecule has 2 heterocycles. The standard InChI is InChI=1S/C12H18N4O2/c1-8-11(9(2)14-13-8)12(18)16-6-4-5-15(3)10(17)7-16/h4-7H2,1-3H3,(H,13,14). The van der Waals surface area contributed by atoms with Gasteiger partial charge in [0.1, 0.15) is 6.54 Å². The van der Waals surface area contributed by atoms with E-state index in [1.807, 2.05) is 6.92 Å². The smallest absolute Gasteiger partial charge is 0.258 e. The third-order valence-corrected chi connectivity index (χ3v) is 3.30. The zero-order valence-electron chi connectivity index (χ0n) is 11.0. The summed E-state index contributed by atoms with van der Waals surface area (Å²) >= 11 is 0. The third kappa shape index (κ3) is 2.23. The Labute approximate surface area is 106 Å². The van der Waals surface area contributed by atoms with Crippen LogP contribution in [0.3, 0.4) is 0 Å². The summed E-state index contributed by atoms with van der Waals surface area (Å²) in [4.78, 5) is 27.5. The van der Waals surface area contributed by atoms with Gasteiger partial charge in [-0.1, -0.05) is 0 Å². The summed E-state index contributed by atoms with van der Waals surface area (Å²) in [5.41, 5.74) is 2.03. The van der Waals surface area contributed by atoms with Crippen molar-refractivity contribution in [2.75, 3.05) is 26.7 Å². The Morgan fingerprint density at radius 2 is 2.06 bits per heavy atom. The van der Waals surface area contributed by atoms with Gasteiger partial charge >= 0.3 is 0 Å². The van der Waals surface area contributed by atoms with Crippen LogP contribution in [0.1, 0.15) is 28.2 Å². The number of aromatic amines is 1. The fourth-order valence-corrected chi connectivity index (χ4v) is 2.18. The molecule has 1 aliphatic heterocycles. The first-order valence-corrected chi connectivity index (χ1v) is 6.05. The molecule has 0 spiro atoms. The molecule has 6 heteroatoms. The SMILES string of the molecule is Cc1n[nH]c(C)c1C(=O)N1CCCN(C)C(=O)C1. The van der Waals surface area contributed by atoms with E-state index in [4.69, 9.17) is 0 Å². The van der Waals surface area contributed by atoms with Crippen LogP contribution >= 0.6 is 0 Å². The number of nitrogens with zero attached hydrogens (tertiary/aromatic N) is 3. The van der Waals surface area contributed by atoms with Crippen LogP contribution in [0, 0.1) is 13.8 Å². The largest absolute Gasteiger partial charge is 0.344 e. The first-order chi connectivity index (χ1) is 8.50. The first-order valence-electron chi connectivity index (χ1n) is 6.05. The van der Waals surface area contributed by atoms with Crippen molar-refractivity contribution in [2.45, 2.75) is 20.3 Å². The maximum absolute atomic E-state index is 12.4. The van der Waals surface area contributed by atoms with Crippen LogP contribution < -0.4 is 0 Å². The van der Waals surface area contributed by atoms with Crippen LogP contribution in [-0.2, 0) is 4.79 Å². The Balaban J connectivity index is 2.21. The number of aryl methyl sites for hydroxylation is 2. The van der Waals surface area contributed by atoms with Crippen molar-refractivity contribution in [1.29, 1.82) is 0 Å². The molecule has 0 unspecified atom stereocenters. The Kier molecular flexibility index (Phi) is 3.36. The third-order valence-electron chi connectivity index (χ3n) is 3.30. The van der Waals surface area contributed by atoms with E-state index in [1.54, 1.807) is 23.8 Å². The normalized spacial score (nSPS) is 16.9. The number of aromatic nitrogens is 2. The van der Waals surface area contributed by atoms with E-state index in [1.165, 1.54) is 0 Å². The average molecular weight is 250 g/mol. The molecule has 1 fully saturated rings. The maximum atomic E-state index is 12.4. The Morgan fingerprint density at radius 3 is 2.67 bits per heavy atom. The van der Waals surface area contributed by atoms with Crippen LogP contribution in [0.4, 0.5) is 0 Å². The zero-order valence-corrected chi connectivity index (χ0v) is 11.0. The second kappa shape index (κ2) is 4.80. The summed E-state index contributed by atoms with van der Waals surface area (Å²) in [6, 6.07) is 0. The molecule has 2 amide bonds. The Morgan fingerprint density at radius 1 is 1.33 bits per heavy atom. The number of hydrogen-bond acceptors (Lipinski definition) is 3. The molecule has 0 saturated carbocycles. The number of H-pyrrole nitrogens is 1. The highest BCUT2D eigenvalue weighted by Gasteiger charge is 2.26. The molecule has 0 bridgehead atoms. The van der Waals surface area contributed by atoms with Crippen LogP contribution in [0.2, 0.25) is 0 Å². The molecule has 0 aliphatic carbocycles. The van der Waals surface area contributed by atoms with Crippen LogP contribution in [0.15, 0.2) is 0 Å². The second-order valence-electron chi connectivity index (χ2n) is 4.70. The van der Waals surface area contributed by atoms with E-state index in [2.05, 4.69) is 10.2 Å². The van der Waals surface area contributed by atoms with Crippen molar-refractivity contribution >= 4 is 11.8 Å². The number of rotatable bonds is 1. The summed E-state index contributed by atoms with van der Waals surface area (Å²) in [7, 11) is 1.77. The van der Waals surface area contributed by atoms with Crippen molar-refractivity contribution in [1.82, 2.24) is 20.0 Å². The molecule has 6 nitrogen and oxygen atoms in total. The fourth-order valence-electron chi connectivity index (χ4n) is 2.18. The molecular weight excluding hydrogens is 232 g/mol. The molecule has 0 aromatic carbocycles.